The molecule has 1 aromatic rings. The first kappa shape index (κ1) is 12.2. The highest BCUT2D eigenvalue weighted by Crippen LogP contribution is 2.42. The number of hydrogen-bond acceptors (Lipinski definition) is 4. The van der Waals surface area contributed by atoms with Gasteiger partial charge >= 0.3 is 6.09 Å². The number of halogens is 2. The molecule has 1 fully saturated rings. The zero-order valence-corrected chi connectivity index (χ0v) is 10.4. The summed E-state index contributed by atoms with van der Waals surface area (Å²) in [7, 11) is 0. The van der Waals surface area contributed by atoms with E-state index in [9.17, 15) is 14.0 Å². The van der Waals surface area contributed by atoms with Crippen LogP contribution in [0.15, 0.2) is 6.07 Å². The standard InChI is InChI=1S/C12H9ClFNO4/c13-8-6(14)4-5-2-1-3-18-9(5)7(8)10-11(16)15-12(17)19-10/h4,10H,1-3H2,(H,15,16,17). The number of carbonyl (C=O) groups is 2. The van der Waals surface area contributed by atoms with E-state index in [1.807, 2.05) is 5.32 Å². The van der Waals surface area contributed by atoms with Gasteiger partial charge in [-0.25, -0.2) is 9.18 Å². The van der Waals surface area contributed by atoms with Crippen LogP contribution < -0.4 is 10.1 Å². The van der Waals surface area contributed by atoms with E-state index in [2.05, 4.69) is 0 Å². The molecule has 3 rings (SSSR count). The lowest BCUT2D eigenvalue weighted by molar-refractivity contribution is -0.123. The molecule has 1 saturated heterocycles. The number of imide groups is 1. The van der Waals surface area contributed by atoms with Crippen molar-refractivity contribution in [2.24, 2.45) is 0 Å². The summed E-state index contributed by atoms with van der Waals surface area (Å²) in [5, 5.41) is 1.73. The molecule has 19 heavy (non-hydrogen) atoms. The number of rotatable bonds is 1. The van der Waals surface area contributed by atoms with Gasteiger partial charge in [-0.1, -0.05) is 11.6 Å². The third-order valence-corrected chi connectivity index (χ3v) is 3.45. The second-order valence-corrected chi connectivity index (χ2v) is 4.68. The van der Waals surface area contributed by atoms with Gasteiger partial charge in [0.05, 0.1) is 17.2 Å². The summed E-state index contributed by atoms with van der Waals surface area (Å²) < 4.78 is 24.1. The monoisotopic (exact) mass is 285 g/mol. The van der Waals surface area contributed by atoms with Crippen LogP contribution in [0.5, 0.6) is 5.75 Å². The maximum Gasteiger partial charge on any atom is 0.415 e. The van der Waals surface area contributed by atoms with E-state index in [0.717, 1.165) is 6.42 Å². The second kappa shape index (κ2) is 4.38. The molecule has 0 aromatic heterocycles. The fourth-order valence-corrected chi connectivity index (χ4v) is 2.50. The van der Waals surface area contributed by atoms with Crippen molar-refractivity contribution in [1.29, 1.82) is 0 Å². The number of fused-ring (bicyclic) bond motifs is 1. The fourth-order valence-electron chi connectivity index (χ4n) is 2.26. The van der Waals surface area contributed by atoms with Crippen LogP contribution in [0.2, 0.25) is 5.02 Å². The molecule has 5 nitrogen and oxygen atoms in total. The molecular weight excluding hydrogens is 277 g/mol. The first-order chi connectivity index (χ1) is 9.08. The molecule has 0 radical (unpaired) electrons. The van der Waals surface area contributed by atoms with Crippen LogP contribution in [0.1, 0.15) is 23.7 Å². The Morgan fingerprint density at radius 3 is 2.89 bits per heavy atom. The molecular formula is C12H9ClFNO4. The Bertz CT molecular complexity index is 590. The molecule has 100 valence electrons. The highest BCUT2D eigenvalue weighted by molar-refractivity contribution is 6.32. The smallest absolute Gasteiger partial charge is 0.415 e. The predicted molar refractivity (Wildman–Crippen MR) is 62.6 cm³/mol. The summed E-state index contributed by atoms with van der Waals surface area (Å²) >= 11 is 5.90. The zero-order chi connectivity index (χ0) is 13.6. The van der Waals surface area contributed by atoms with Crippen molar-refractivity contribution in [1.82, 2.24) is 5.32 Å². The molecule has 1 atom stereocenters. The highest BCUT2D eigenvalue weighted by Gasteiger charge is 2.39. The van der Waals surface area contributed by atoms with Crippen molar-refractivity contribution in [2.45, 2.75) is 18.9 Å². The van der Waals surface area contributed by atoms with Crippen LogP contribution in [0, 0.1) is 5.82 Å². The molecule has 2 aliphatic heterocycles. The lowest BCUT2D eigenvalue weighted by Crippen LogP contribution is -2.22. The Kier molecular flexibility index (Phi) is 2.82. The van der Waals surface area contributed by atoms with Gasteiger partial charge in [-0.3, -0.25) is 10.1 Å². The van der Waals surface area contributed by atoms with Crippen LogP contribution in [0.4, 0.5) is 9.18 Å². The molecule has 0 spiro atoms. The number of nitrogens with one attached hydrogen (secondary N) is 1. The third-order valence-electron chi connectivity index (χ3n) is 3.07. The van der Waals surface area contributed by atoms with Gasteiger partial charge in [-0.2, -0.15) is 0 Å². The molecule has 2 aliphatic rings. The number of benzene rings is 1. The Morgan fingerprint density at radius 1 is 1.42 bits per heavy atom. The summed E-state index contributed by atoms with van der Waals surface area (Å²) in [5.74, 6) is -0.988. The zero-order valence-electron chi connectivity index (χ0n) is 9.66. The van der Waals surface area contributed by atoms with Crippen LogP contribution in [0.25, 0.3) is 0 Å². The minimum Gasteiger partial charge on any atom is -0.493 e. The number of alkyl carbamates (subject to hydrolysis) is 1. The average molecular weight is 286 g/mol. The Hall–Kier alpha value is -1.82. The van der Waals surface area contributed by atoms with Crippen LogP contribution in [-0.2, 0) is 16.0 Å². The van der Waals surface area contributed by atoms with Crippen molar-refractivity contribution < 1.29 is 23.5 Å². The van der Waals surface area contributed by atoms with E-state index in [1.54, 1.807) is 0 Å². The second-order valence-electron chi connectivity index (χ2n) is 4.30. The first-order valence-corrected chi connectivity index (χ1v) is 6.11. The fraction of sp³-hybridized carbons (Fsp3) is 0.333. The van der Waals surface area contributed by atoms with Crippen LogP contribution in [0.3, 0.4) is 0 Å². The number of carbonyl (C=O) groups excluding carboxylic acids is 2. The van der Waals surface area contributed by atoms with Gasteiger partial charge < -0.3 is 9.47 Å². The maximum atomic E-state index is 13.8. The van der Waals surface area contributed by atoms with Crippen LogP contribution in [-0.4, -0.2) is 18.6 Å². The molecule has 1 aromatic carbocycles. The number of amides is 2. The number of ether oxygens (including phenoxy) is 2. The molecule has 1 N–H and O–H groups in total. The Labute approximate surface area is 112 Å². The van der Waals surface area contributed by atoms with Gasteiger partial charge in [0.2, 0.25) is 6.10 Å². The van der Waals surface area contributed by atoms with E-state index < -0.39 is 23.9 Å². The largest absolute Gasteiger partial charge is 0.493 e. The first-order valence-electron chi connectivity index (χ1n) is 5.73. The van der Waals surface area contributed by atoms with Gasteiger partial charge in [0.1, 0.15) is 11.6 Å². The SMILES string of the molecule is O=C1NC(=O)C(c2c(Cl)c(F)cc3c2OCCC3)O1. The van der Waals surface area contributed by atoms with Crippen molar-refractivity contribution in [3.63, 3.8) is 0 Å². The van der Waals surface area contributed by atoms with Crippen LogP contribution >= 0.6 is 11.6 Å². The molecule has 0 aliphatic carbocycles. The molecule has 0 bridgehead atoms. The van der Waals surface area contributed by atoms with Crippen molar-refractivity contribution in [2.75, 3.05) is 6.61 Å². The predicted octanol–water partition coefficient (Wildman–Crippen LogP) is 2.11. The molecule has 7 heteroatoms. The number of cyclic esters (lactones) is 1. The van der Waals surface area contributed by atoms with Crippen molar-refractivity contribution in [3.8, 4) is 5.75 Å². The lowest BCUT2D eigenvalue weighted by Gasteiger charge is -2.23. The Morgan fingerprint density at radius 2 is 2.21 bits per heavy atom. The number of aryl methyl sites for hydroxylation is 1. The van der Waals surface area contributed by atoms with Gasteiger partial charge in [0.25, 0.3) is 5.91 Å². The van der Waals surface area contributed by atoms with Crippen molar-refractivity contribution >= 4 is 23.6 Å². The highest BCUT2D eigenvalue weighted by atomic mass is 35.5. The van der Waals surface area contributed by atoms with E-state index in [1.165, 1.54) is 6.07 Å². The topological polar surface area (TPSA) is 64.6 Å². The van der Waals surface area contributed by atoms with Gasteiger partial charge in [0, 0.05) is 0 Å². The van der Waals surface area contributed by atoms with E-state index in [4.69, 9.17) is 21.1 Å². The Balaban J connectivity index is 2.16. The van der Waals surface area contributed by atoms with E-state index in [0.29, 0.717) is 24.3 Å². The van der Waals surface area contributed by atoms with Crippen molar-refractivity contribution in [3.05, 3.63) is 28.0 Å². The maximum absolute atomic E-state index is 13.8. The molecule has 2 amide bonds. The third kappa shape index (κ3) is 1.92. The normalized spacial score (nSPS) is 21.5. The van der Waals surface area contributed by atoms with E-state index in [-0.39, 0.29) is 10.6 Å². The minimum atomic E-state index is -1.26. The minimum absolute atomic E-state index is 0.0831. The average Bonchev–Trinajstić information content (AvgIpc) is 2.70. The lowest BCUT2D eigenvalue weighted by atomic mass is 9.98. The molecule has 1 unspecified atom stereocenters. The molecule has 0 saturated carbocycles. The van der Waals surface area contributed by atoms with Gasteiger partial charge in [0.15, 0.2) is 0 Å². The van der Waals surface area contributed by atoms with Gasteiger partial charge in [-0.15, -0.1) is 0 Å². The quantitative estimate of drug-likeness (QED) is 0.858. The molecule has 2 heterocycles. The summed E-state index contributed by atoms with van der Waals surface area (Å²) in [6.07, 6.45) is -0.759. The summed E-state index contributed by atoms with van der Waals surface area (Å²) in [5.41, 5.74) is 0.707. The summed E-state index contributed by atoms with van der Waals surface area (Å²) in [4.78, 5) is 22.7. The van der Waals surface area contributed by atoms with E-state index >= 15 is 0 Å². The van der Waals surface area contributed by atoms with Gasteiger partial charge in [-0.05, 0) is 24.5 Å². The summed E-state index contributed by atoms with van der Waals surface area (Å²) in [6, 6.07) is 1.29. The summed E-state index contributed by atoms with van der Waals surface area (Å²) in [6.45, 7) is 0.449. The number of hydrogen-bond donors (Lipinski definition) is 1.